The standard InChI is InChI=1S/C19H19N7O/c1-12(2)17(18-21-15-8-3-4-9-16(15)22-18)23-19(27)13-6-5-7-14(10-13)26-11-20-24-25-26/h3-12,17H,1-2H3,(H,21,22)(H,23,27). The van der Waals surface area contributed by atoms with Crippen LogP contribution in [0.1, 0.15) is 36.1 Å². The number of carbonyl (C=O) groups excluding carboxylic acids is 1. The first-order chi connectivity index (χ1) is 13.1. The van der Waals surface area contributed by atoms with E-state index in [1.807, 2.05) is 30.3 Å². The Hall–Kier alpha value is -3.55. The summed E-state index contributed by atoms with van der Waals surface area (Å²) >= 11 is 0. The van der Waals surface area contributed by atoms with Crippen LogP contribution in [-0.2, 0) is 0 Å². The largest absolute Gasteiger partial charge is 0.342 e. The van der Waals surface area contributed by atoms with E-state index < -0.39 is 0 Å². The van der Waals surface area contributed by atoms with E-state index in [9.17, 15) is 4.79 Å². The summed E-state index contributed by atoms with van der Waals surface area (Å²) in [6.45, 7) is 4.10. The van der Waals surface area contributed by atoms with Crippen molar-refractivity contribution in [3.8, 4) is 5.69 Å². The summed E-state index contributed by atoms with van der Waals surface area (Å²) in [4.78, 5) is 20.8. The van der Waals surface area contributed by atoms with Gasteiger partial charge in [0.15, 0.2) is 0 Å². The zero-order valence-electron chi connectivity index (χ0n) is 15.0. The molecular weight excluding hydrogens is 342 g/mol. The first kappa shape index (κ1) is 16.9. The lowest BCUT2D eigenvalue weighted by molar-refractivity contribution is 0.0923. The number of hydrogen-bond acceptors (Lipinski definition) is 5. The van der Waals surface area contributed by atoms with Crippen LogP contribution in [0.3, 0.4) is 0 Å². The number of hydrogen-bond donors (Lipinski definition) is 2. The maximum atomic E-state index is 12.9. The number of rotatable bonds is 5. The van der Waals surface area contributed by atoms with E-state index in [4.69, 9.17) is 0 Å². The van der Waals surface area contributed by atoms with Crippen LogP contribution < -0.4 is 5.32 Å². The van der Waals surface area contributed by atoms with Crippen molar-refractivity contribution in [3.05, 3.63) is 66.2 Å². The number of amides is 1. The fourth-order valence-corrected chi connectivity index (χ4v) is 2.96. The third-order valence-electron chi connectivity index (χ3n) is 4.38. The van der Waals surface area contributed by atoms with Gasteiger partial charge in [-0.1, -0.05) is 32.0 Å². The van der Waals surface area contributed by atoms with Crippen molar-refractivity contribution in [2.45, 2.75) is 19.9 Å². The van der Waals surface area contributed by atoms with Crippen molar-refractivity contribution in [2.75, 3.05) is 0 Å². The molecule has 2 N–H and O–H groups in total. The SMILES string of the molecule is CC(C)C(NC(=O)c1cccc(-n2cnnn2)c1)c1nc2ccccc2[nH]1. The maximum absolute atomic E-state index is 12.9. The molecule has 8 nitrogen and oxygen atoms in total. The highest BCUT2D eigenvalue weighted by Gasteiger charge is 2.22. The lowest BCUT2D eigenvalue weighted by Gasteiger charge is -2.20. The highest BCUT2D eigenvalue weighted by molar-refractivity contribution is 5.95. The number of nitrogens with zero attached hydrogens (tertiary/aromatic N) is 5. The Morgan fingerprint density at radius 3 is 2.74 bits per heavy atom. The second-order valence-electron chi connectivity index (χ2n) is 6.64. The Bertz CT molecular complexity index is 1040. The Balaban J connectivity index is 1.60. The number of para-hydroxylation sites is 2. The third kappa shape index (κ3) is 3.41. The van der Waals surface area contributed by atoms with Gasteiger partial charge >= 0.3 is 0 Å². The predicted molar refractivity (Wildman–Crippen MR) is 100 cm³/mol. The molecular formula is C19H19N7O. The molecule has 2 aromatic heterocycles. The maximum Gasteiger partial charge on any atom is 0.251 e. The molecule has 0 spiro atoms. The molecule has 4 rings (SSSR count). The molecule has 0 radical (unpaired) electrons. The first-order valence-corrected chi connectivity index (χ1v) is 8.71. The number of benzene rings is 2. The summed E-state index contributed by atoms with van der Waals surface area (Å²) in [6, 6.07) is 14.7. The van der Waals surface area contributed by atoms with Crippen molar-refractivity contribution in [1.29, 1.82) is 0 Å². The minimum atomic E-state index is -0.235. The first-order valence-electron chi connectivity index (χ1n) is 8.71. The third-order valence-corrected chi connectivity index (χ3v) is 4.38. The van der Waals surface area contributed by atoms with Gasteiger partial charge in [0.2, 0.25) is 0 Å². The monoisotopic (exact) mass is 361 g/mol. The summed E-state index contributed by atoms with van der Waals surface area (Å²) in [5.41, 5.74) is 3.09. The van der Waals surface area contributed by atoms with Crippen LogP contribution >= 0.6 is 0 Å². The number of H-pyrrole nitrogens is 1. The van der Waals surface area contributed by atoms with Crippen molar-refractivity contribution < 1.29 is 4.79 Å². The van der Waals surface area contributed by atoms with Crippen molar-refractivity contribution in [1.82, 2.24) is 35.5 Å². The lowest BCUT2D eigenvalue weighted by Crippen LogP contribution is -2.32. The highest BCUT2D eigenvalue weighted by Crippen LogP contribution is 2.23. The Morgan fingerprint density at radius 1 is 1.15 bits per heavy atom. The van der Waals surface area contributed by atoms with E-state index >= 15 is 0 Å². The molecule has 0 saturated heterocycles. The summed E-state index contributed by atoms with van der Waals surface area (Å²) < 4.78 is 1.51. The normalized spacial score (nSPS) is 12.4. The zero-order chi connectivity index (χ0) is 18.8. The van der Waals surface area contributed by atoms with Crippen LogP contribution in [0.2, 0.25) is 0 Å². The van der Waals surface area contributed by atoms with Crippen LogP contribution in [0.5, 0.6) is 0 Å². The van der Waals surface area contributed by atoms with Gasteiger partial charge < -0.3 is 10.3 Å². The van der Waals surface area contributed by atoms with E-state index in [0.717, 1.165) is 22.5 Å². The van der Waals surface area contributed by atoms with Crippen molar-refractivity contribution >= 4 is 16.9 Å². The van der Waals surface area contributed by atoms with Crippen molar-refractivity contribution in [3.63, 3.8) is 0 Å². The number of fused-ring (bicyclic) bond motifs is 1. The Kier molecular flexibility index (Phi) is 4.37. The van der Waals surface area contributed by atoms with Gasteiger partial charge in [0, 0.05) is 5.56 Å². The van der Waals surface area contributed by atoms with Gasteiger partial charge in [0.25, 0.3) is 5.91 Å². The molecule has 0 saturated carbocycles. The van der Waals surface area contributed by atoms with E-state index in [1.54, 1.807) is 18.2 Å². The van der Waals surface area contributed by atoms with Crippen LogP contribution in [0.4, 0.5) is 0 Å². The topological polar surface area (TPSA) is 101 Å². The van der Waals surface area contributed by atoms with Crippen LogP contribution in [0, 0.1) is 5.92 Å². The molecule has 136 valence electrons. The molecule has 27 heavy (non-hydrogen) atoms. The number of tetrazole rings is 1. The van der Waals surface area contributed by atoms with Crippen molar-refractivity contribution in [2.24, 2.45) is 5.92 Å². The smallest absolute Gasteiger partial charge is 0.251 e. The number of aromatic nitrogens is 6. The minimum absolute atomic E-state index is 0.164. The van der Waals surface area contributed by atoms with E-state index in [-0.39, 0.29) is 17.9 Å². The summed E-state index contributed by atoms with van der Waals surface area (Å²) in [6.07, 6.45) is 1.49. The minimum Gasteiger partial charge on any atom is -0.342 e. The number of imidazole rings is 1. The molecule has 0 aliphatic rings. The summed E-state index contributed by atoms with van der Waals surface area (Å²) in [5, 5.41) is 14.2. The average molecular weight is 361 g/mol. The Labute approximate surface area is 155 Å². The quantitative estimate of drug-likeness (QED) is 0.569. The van der Waals surface area contributed by atoms with Gasteiger partial charge in [0.05, 0.1) is 22.8 Å². The molecule has 8 heteroatoms. The van der Waals surface area contributed by atoms with Gasteiger partial charge in [-0.25, -0.2) is 9.67 Å². The fourth-order valence-electron chi connectivity index (χ4n) is 2.96. The van der Waals surface area contributed by atoms with E-state index in [0.29, 0.717) is 5.56 Å². The molecule has 1 atom stereocenters. The van der Waals surface area contributed by atoms with Gasteiger partial charge in [-0.2, -0.15) is 0 Å². The zero-order valence-corrected chi connectivity index (χ0v) is 15.0. The van der Waals surface area contributed by atoms with Crippen LogP contribution in [-0.4, -0.2) is 36.1 Å². The highest BCUT2D eigenvalue weighted by atomic mass is 16.1. The molecule has 0 aliphatic carbocycles. The molecule has 4 aromatic rings. The molecule has 0 bridgehead atoms. The second-order valence-corrected chi connectivity index (χ2v) is 6.64. The molecule has 1 amide bonds. The van der Waals surface area contributed by atoms with Gasteiger partial charge in [-0.05, 0) is 46.7 Å². The van der Waals surface area contributed by atoms with Gasteiger partial charge in [0.1, 0.15) is 12.2 Å². The average Bonchev–Trinajstić information content (AvgIpc) is 3.35. The molecule has 1 unspecified atom stereocenters. The van der Waals surface area contributed by atoms with E-state index in [1.165, 1.54) is 11.0 Å². The fraction of sp³-hybridized carbons (Fsp3) is 0.211. The number of carbonyl (C=O) groups is 1. The molecule has 0 aliphatic heterocycles. The van der Waals surface area contributed by atoms with E-state index in [2.05, 4.69) is 44.7 Å². The molecule has 2 aromatic carbocycles. The van der Waals surface area contributed by atoms with Crippen LogP contribution in [0.15, 0.2) is 54.9 Å². The number of aromatic amines is 1. The molecule has 0 fully saturated rings. The van der Waals surface area contributed by atoms with Crippen LogP contribution in [0.25, 0.3) is 16.7 Å². The second kappa shape index (κ2) is 6.99. The molecule has 2 heterocycles. The summed E-state index contributed by atoms with van der Waals surface area (Å²) in [7, 11) is 0. The van der Waals surface area contributed by atoms with Gasteiger partial charge in [-0.15, -0.1) is 5.10 Å². The Morgan fingerprint density at radius 2 is 2.00 bits per heavy atom. The summed E-state index contributed by atoms with van der Waals surface area (Å²) in [5.74, 6) is 0.734. The number of nitrogens with one attached hydrogen (secondary N) is 2. The van der Waals surface area contributed by atoms with Gasteiger partial charge in [-0.3, -0.25) is 4.79 Å². The lowest BCUT2D eigenvalue weighted by atomic mass is 10.0. The predicted octanol–water partition coefficient (Wildman–Crippen LogP) is 2.67.